The van der Waals surface area contributed by atoms with Crippen LogP contribution in [0.5, 0.6) is 0 Å². The summed E-state index contributed by atoms with van der Waals surface area (Å²) in [7, 11) is 1.94. The van der Waals surface area contributed by atoms with Crippen molar-refractivity contribution >= 4 is 22.9 Å². The van der Waals surface area contributed by atoms with Crippen molar-refractivity contribution in [3.05, 3.63) is 0 Å². The molecule has 1 atom stereocenters. The molecule has 2 nitrogen and oxygen atoms in total. The van der Waals surface area contributed by atoms with E-state index in [4.69, 9.17) is 5.73 Å². The van der Waals surface area contributed by atoms with Gasteiger partial charge in [-0.05, 0) is 14.0 Å². The van der Waals surface area contributed by atoms with Crippen LogP contribution < -0.4 is 5.73 Å². The van der Waals surface area contributed by atoms with Gasteiger partial charge in [0.05, 0.1) is 6.17 Å². The fourth-order valence-corrected chi connectivity index (χ4v) is 0. The number of hydrogen-bond donors (Lipinski definition) is 1. The average molecular weight is 200 g/mol. The lowest BCUT2D eigenvalue weighted by Crippen LogP contribution is -2.28. The van der Waals surface area contributed by atoms with E-state index in [0.717, 1.165) is 0 Å². The van der Waals surface area contributed by atoms with Crippen LogP contribution in [0, 0.1) is 0 Å². The molecule has 0 amide bonds. The van der Waals surface area contributed by atoms with Gasteiger partial charge in [0.15, 0.2) is 0 Å². The first kappa shape index (κ1) is 6.65. The Morgan fingerprint density at radius 1 is 1.83 bits per heavy atom. The molecular weight excluding hydrogens is 191 g/mol. The summed E-state index contributed by atoms with van der Waals surface area (Å²) in [4.78, 5) is 0. The standard InChI is InChI=1S/C3H9IN2/c1-3(5)6(2)4/h3H,5H2,1-2H3. The Balaban J connectivity index is 2.99. The van der Waals surface area contributed by atoms with E-state index in [1.165, 1.54) is 0 Å². The molecule has 0 rings (SSSR count). The molecule has 0 aromatic carbocycles. The van der Waals surface area contributed by atoms with E-state index >= 15 is 0 Å². The van der Waals surface area contributed by atoms with Crippen molar-refractivity contribution in [3.8, 4) is 0 Å². The van der Waals surface area contributed by atoms with E-state index in [1.807, 2.05) is 17.1 Å². The molecule has 38 valence electrons. The van der Waals surface area contributed by atoms with Crippen LogP contribution in [-0.2, 0) is 0 Å². The van der Waals surface area contributed by atoms with Crippen molar-refractivity contribution in [3.63, 3.8) is 0 Å². The molecule has 0 heterocycles. The van der Waals surface area contributed by atoms with Crippen LogP contribution in [0.2, 0.25) is 0 Å². The molecule has 0 aliphatic rings. The van der Waals surface area contributed by atoms with Gasteiger partial charge < -0.3 is 5.73 Å². The summed E-state index contributed by atoms with van der Waals surface area (Å²) in [5, 5.41) is 0. The maximum Gasteiger partial charge on any atom is 0.0631 e. The van der Waals surface area contributed by atoms with Gasteiger partial charge in [0.25, 0.3) is 0 Å². The first-order chi connectivity index (χ1) is 2.64. The van der Waals surface area contributed by atoms with E-state index in [1.54, 1.807) is 0 Å². The van der Waals surface area contributed by atoms with Gasteiger partial charge >= 0.3 is 0 Å². The zero-order valence-corrected chi connectivity index (χ0v) is 6.14. The van der Waals surface area contributed by atoms with Gasteiger partial charge in [0.1, 0.15) is 0 Å². The molecule has 0 spiro atoms. The monoisotopic (exact) mass is 200 g/mol. The van der Waals surface area contributed by atoms with Crippen molar-refractivity contribution in [2.75, 3.05) is 7.05 Å². The molecule has 2 N–H and O–H groups in total. The molecular formula is C3H9IN2. The summed E-state index contributed by atoms with van der Waals surface area (Å²) in [6.07, 6.45) is 0.172. The third-order valence-corrected chi connectivity index (χ3v) is 1.44. The van der Waals surface area contributed by atoms with Crippen molar-refractivity contribution in [1.82, 2.24) is 3.11 Å². The summed E-state index contributed by atoms with van der Waals surface area (Å²) >= 11 is 2.14. The van der Waals surface area contributed by atoms with E-state index in [9.17, 15) is 0 Å². The molecule has 0 aliphatic carbocycles. The largest absolute Gasteiger partial charge is 0.315 e. The van der Waals surface area contributed by atoms with E-state index in [-0.39, 0.29) is 6.17 Å². The molecule has 0 saturated carbocycles. The Hall–Kier alpha value is 0.650. The van der Waals surface area contributed by atoms with Crippen LogP contribution in [-0.4, -0.2) is 16.3 Å². The van der Waals surface area contributed by atoms with Gasteiger partial charge in [0, 0.05) is 22.9 Å². The highest BCUT2D eigenvalue weighted by atomic mass is 127. The normalized spacial score (nSPS) is 15.5. The SMILES string of the molecule is CC(N)N(C)I. The Bertz CT molecular complexity index is 29.8. The molecule has 6 heavy (non-hydrogen) atoms. The topological polar surface area (TPSA) is 29.3 Å². The fraction of sp³-hybridized carbons (Fsp3) is 1.00. The van der Waals surface area contributed by atoms with Crippen LogP contribution in [0.4, 0.5) is 0 Å². The van der Waals surface area contributed by atoms with Gasteiger partial charge in [-0.1, -0.05) is 0 Å². The second kappa shape index (κ2) is 2.76. The van der Waals surface area contributed by atoms with Crippen molar-refractivity contribution < 1.29 is 0 Å². The zero-order valence-electron chi connectivity index (χ0n) is 3.98. The molecule has 0 fully saturated rings. The summed E-state index contributed by atoms with van der Waals surface area (Å²) < 4.78 is 1.91. The lowest BCUT2D eigenvalue weighted by atomic mass is 10.6. The first-order valence-electron chi connectivity index (χ1n) is 1.79. The quantitative estimate of drug-likeness (QED) is 0.381. The summed E-state index contributed by atoms with van der Waals surface area (Å²) in [5.74, 6) is 0. The molecule has 0 aromatic rings. The smallest absolute Gasteiger partial charge is 0.0631 e. The second-order valence-corrected chi connectivity index (χ2v) is 2.79. The third kappa shape index (κ3) is 2.87. The number of halogens is 1. The summed E-state index contributed by atoms with van der Waals surface area (Å²) in [6.45, 7) is 1.94. The predicted molar refractivity (Wildman–Crippen MR) is 35.4 cm³/mol. The van der Waals surface area contributed by atoms with Crippen LogP contribution in [0.3, 0.4) is 0 Å². The van der Waals surface area contributed by atoms with Gasteiger partial charge in [-0.3, -0.25) is 0 Å². The minimum atomic E-state index is 0.172. The lowest BCUT2D eigenvalue weighted by molar-refractivity contribution is 0.485. The lowest BCUT2D eigenvalue weighted by Gasteiger charge is -2.09. The minimum absolute atomic E-state index is 0.172. The highest BCUT2D eigenvalue weighted by Gasteiger charge is 1.92. The number of hydrogen-bond acceptors (Lipinski definition) is 2. The highest BCUT2D eigenvalue weighted by molar-refractivity contribution is 14.1. The average Bonchev–Trinajstić information content (AvgIpc) is 1.36. The number of nitrogens with zero attached hydrogens (tertiary/aromatic N) is 1. The minimum Gasteiger partial charge on any atom is -0.315 e. The zero-order chi connectivity index (χ0) is 5.15. The molecule has 0 bridgehead atoms. The van der Waals surface area contributed by atoms with Gasteiger partial charge in [-0.15, -0.1) is 0 Å². The predicted octanol–water partition coefficient (Wildman–Crippen LogP) is 0.573. The third-order valence-electron chi connectivity index (χ3n) is 0.561. The van der Waals surface area contributed by atoms with E-state index < -0.39 is 0 Å². The molecule has 0 saturated heterocycles. The number of rotatable bonds is 1. The molecule has 0 aliphatic heterocycles. The van der Waals surface area contributed by atoms with E-state index in [2.05, 4.69) is 22.9 Å². The Morgan fingerprint density at radius 2 is 2.00 bits per heavy atom. The van der Waals surface area contributed by atoms with Crippen LogP contribution in [0.25, 0.3) is 0 Å². The second-order valence-electron chi connectivity index (χ2n) is 1.27. The van der Waals surface area contributed by atoms with Crippen molar-refractivity contribution in [1.29, 1.82) is 0 Å². The fourth-order valence-electron chi connectivity index (χ4n) is 0. The van der Waals surface area contributed by atoms with E-state index in [0.29, 0.717) is 0 Å². The van der Waals surface area contributed by atoms with Gasteiger partial charge in [-0.2, -0.15) is 0 Å². The van der Waals surface area contributed by atoms with Crippen LogP contribution >= 0.6 is 22.9 Å². The maximum atomic E-state index is 5.35. The van der Waals surface area contributed by atoms with Gasteiger partial charge in [-0.25, -0.2) is 3.11 Å². The highest BCUT2D eigenvalue weighted by Crippen LogP contribution is 1.93. The van der Waals surface area contributed by atoms with Gasteiger partial charge in [0.2, 0.25) is 0 Å². The van der Waals surface area contributed by atoms with Crippen LogP contribution in [0.15, 0.2) is 0 Å². The van der Waals surface area contributed by atoms with Crippen molar-refractivity contribution in [2.24, 2.45) is 5.73 Å². The maximum absolute atomic E-state index is 5.35. The molecule has 0 aromatic heterocycles. The Kier molecular flexibility index (Phi) is 3.06. The molecule has 1 unspecified atom stereocenters. The summed E-state index contributed by atoms with van der Waals surface area (Å²) in [6, 6.07) is 0. The van der Waals surface area contributed by atoms with Crippen molar-refractivity contribution in [2.45, 2.75) is 13.1 Å². The van der Waals surface area contributed by atoms with Crippen LogP contribution in [0.1, 0.15) is 6.92 Å². The Morgan fingerprint density at radius 3 is 2.00 bits per heavy atom. The Labute approximate surface area is 52.2 Å². The molecule has 3 heteroatoms. The molecule has 0 radical (unpaired) electrons. The number of nitrogens with two attached hydrogens (primary N) is 1. The first-order valence-corrected chi connectivity index (χ1v) is 2.75. The summed E-state index contributed by atoms with van der Waals surface area (Å²) in [5.41, 5.74) is 5.35.